The molecule has 3 nitrogen and oxygen atoms in total. The molecule has 2 N–H and O–H groups in total. The Bertz CT molecular complexity index is 610. The molecule has 0 aliphatic heterocycles. The zero-order chi connectivity index (χ0) is 14.5. The zero-order valence-corrected chi connectivity index (χ0v) is 13.9. The summed E-state index contributed by atoms with van der Waals surface area (Å²) in [6.45, 7) is 5.38. The Morgan fingerprint density at radius 2 is 2.15 bits per heavy atom. The Labute approximate surface area is 131 Å². The van der Waals surface area contributed by atoms with Gasteiger partial charge in [0, 0.05) is 27.0 Å². The lowest BCUT2D eigenvalue weighted by Gasteiger charge is -2.11. The van der Waals surface area contributed by atoms with Gasteiger partial charge in [0.2, 0.25) is 0 Å². The molecule has 106 valence electrons. The van der Waals surface area contributed by atoms with Gasteiger partial charge in [0.15, 0.2) is 0 Å². The van der Waals surface area contributed by atoms with E-state index in [1.54, 1.807) is 11.3 Å². The minimum absolute atomic E-state index is 0.0505. The molecule has 1 aromatic heterocycles. The Kier molecular flexibility index (Phi) is 5.20. The van der Waals surface area contributed by atoms with Crippen molar-refractivity contribution in [3.8, 4) is 0 Å². The third kappa shape index (κ3) is 3.84. The van der Waals surface area contributed by atoms with E-state index in [2.05, 4.69) is 26.6 Å². The highest BCUT2D eigenvalue weighted by molar-refractivity contribution is 9.10. The highest BCUT2D eigenvalue weighted by atomic mass is 79.9. The second-order valence-corrected chi connectivity index (χ2v) is 6.40. The van der Waals surface area contributed by atoms with Gasteiger partial charge in [-0.1, -0.05) is 6.07 Å². The van der Waals surface area contributed by atoms with E-state index in [4.69, 9.17) is 0 Å². The van der Waals surface area contributed by atoms with E-state index in [-0.39, 0.29) is 5.91 Å². The first-order valence-corrected chi connectivity index (χ1v) is 8.13. The van der Waals surface area contributed by atoms with Crippen molar-refractivity contribution >= 4 is 38.9 Å². The van der Waals surface area contributed by atoms with Crippen molar-refractivity contribution in [1.82, 2.24) is 5.32 Å². The van der Waals surface area contributed by atoms with Gasteiger partial charge in [-0.05, 0) is 53.5 Å². The van der Waals surface area contributed by atoms with Gasteiger partial charge < -0.3 is 10.6 Å². The van der Waals surface area contributed by atoms with E-state index in [0.29, 0.717) is 12.1 Å². The van der Waals surface area contributed by atoms with Crippen molar-refractivity contribution in [1.29, 1.82) is 0 Å². The topological polar surface area (TPSA) is 41.1 Å². The van der Waals surface area contributed by atoms with Gasteiger partial charge in [0.05, 0.1) is 12.1 Å². The van der Waals surface area contributed by atoms with Crippen LogP contribution in [0.1, 0.15) is 27.7 Å². The van der Waals surface area contributed by atoms with E-state index in [1.807, 2.05) is 43.5 Å². The smallest absolute Gasteiger partial charge is 0.253 e. The van der Waals surface area contributed by atoms with Crippen molar-refractivity contribution in [2.24, 2.45) is 0 Å². The van der Waals surface area contributed by atoms with Gasteiger partial charge in [-0.2, -0.15) is 0 Å². The van der Waals surface area contributed by atoms with E-state index in [9.17, 15) is 4.79 Å². The number of carbonyl (C=O) groups excluding carboxylic acids is 1. The first kappa shape index (κ1) is 15.1. The van der Waals surface area contributed by atoms with Crippen LogP contribution in [-0.4, -0.2) is 12.5 Å². The van der Waals surface area contributed by atoms with Crippen molar-refractivity contribution in [2.45, 2.75) is 20.4 Å². The summed E-state index contributed by atoms with van der Waals surface area (Å²) in [5.74, 6) is -0.0505. The fourth-order valence-corrected chi connectivity index (χ4v) is 3.29. The molecule has 1 amide bonds. The highest BCUT2D eigenvalue weighted by Gasteiger charge is 2.11. The molecule has 0 unspecified atom stereocenters. The standard InChI is InChI=1S/C15H17BrN2OS/c1-3-17-14-6-10(2)4-5-13(14)15(19)18-8-12-7-11(16)9-20-12/h4-7,9,17H,3,8H2,1-2H3,(H,18,19). The molecule has 2 aromatic rings. The number of halogens is 1. The summed E-state index contributed by atoms with van der Waals surface area (Å²) in [4.78, 5) is 13.4. The third-order valence-electron chi connectivity index (χ3n) is 2.83. The average Bonchev–Trinajstić information content (AvgIpc) is 2.82. The van der Waals surface area contributed by atoms with Gasteiger partial charge in [-0.3, -0.25) is 4.79 Å². The zero-order valence-electron chi connectivity index (χ0n) is 11.5. The Morgan fingerprint density at radius 1 is 1.35 bits per heavy atom. The molecule has 0 fully saturated rings. The molecule has 0 aliphatic carbocycles. The molecule has 0 saturated heterocycles. The number of benzene rings is 1. The summed E-state index contributed by atoms with van der Waals surface area (Å²) in [7, 11) is 0. The Morgan fingerprint density at radius 3 is 2.80 bits per heavy atom. The van der Waals surface area contributed by atoms with Crippen LogP contribution in [0.5, 0.6) is 0 Å². The van der Waals surface area contributed by atoms with Crippen LogP contribution in [0.4, 0.5) is 5.69 Å². The van der Waals surface area contributed by atoms with Crippen LogP contribution in [0.15, 0.2) is 34.1 Å². The predicted molar refractivity (Wildman–Crippen MR) is 88.5 cm³/mol. The third-order valence-corrected chi connectivity index (χ3v) is 4.53. The molecule has 0 radical (unpaired) electrons. The minimum Gasteiger partial charge on any atom is -0.385 e. The van der Waals surface area contributed by atoms with Gasteiger partial charge >= 0.3 is 0 Å². The number of rotatable bonds is 5. The maximum atomic E-state index is 12.3. The molecule has 0 bridgehead atoms. The molecule has 0 spiro atoms. The van der Waals surface area contributed by atoms with E-state index < -0.39 is 0 Å². The first-order chi connectivity index (χ1) is 9.60. The average molecular weight is 353 g/mol. The van der Waals surface area contributed by atoms with Crippen LogP contribution < -0.4 is 10.6 Å². The number of hydrogen-bond acceptors (Lipinski definition) is 3. The first-order valence-electron chi connectivity index (χ1n) is 6.45. The summed E-state index contributed by atoms with van der Waals surface area (Å²) >= 11 is 5.04. The van der Waals surface area contributed by atoms with Crippen molar-refractivity contribution in [3.05, 3.63) is 50.1 Å². The van der Waals surface area contributed by atoms with Gasteiger partial charge in [0.25, 0.3) is 5.91 Å². The fraction of sp³-hybridized carbons (Fsp3) is 0.267. The molecule has 20 heavy (non-hydrogen) atoms. The van der Waals surface area contributed by atoms with Gasteiger partial charge in [0.1, 0.15) is 0 Å². The summed E-state index contributed by atoms with van der Waals surface area (Å²) in [6.07, 6.45) is 0. The molecule has 0 aliphatic rings. The van der Waals surface area contributed by atoms with E-state index in [0.717, 1.165) is 27.1 Å². The summed E-state index contributed by atoms with van der Waals surface area (Å²) in [5, 5.41) is 8.20. The lowest BCUT2D eigenvalue weighted by molar-refractivity contribution is 0.0952. The molecule has 2 rings (SSSR count). The number of hydrogen-bond donors (Lipinski definition) is 2. The maximum Gasteiger partial charge on any atom is 0.253 e. The van der Waals surface area contributed by atoms with Crippen molar-refractivity contribution in [3.63, 3.8) is 0 Å². The van der Waals surface area contributed by atoms with Gasteiger partial charge in [-0.25, -0.2) is 0 Å². The number of carbonyl (C=O) groups is 1. The summed E-state index contributed by atoms with van der Waals surface area (Å²) in [6, 6.07) is 7.84. The Hall–Kier alpha value is -1.33. The molecular weight excluding hydrogens is 336 g/mol. The SMILES string of the molecule is CCNc1cc(C)ccc1C(=O)NCc1cc(Br)cs1. The van der Waals surface area contributed by atoms with Crippen LogP contribution >= 0.6 is 27.3 Å². The lowest BCUT2D eigenvalue weighted by atomic mass is 10.1. The second kappa shape index (κ2) is 6.90. The van der Waals surface area contributed by atoms with Crippen molar-refractivity contribution in [2.75, 3.05) is 11.9 Å². The second-order valence-electron chi connectivity index (χ2n) is 4.49. The Balaban J connectivity index is 2.08. The van der Waals surface area contributed by atoms with Crippen LogP contribution in [-0.2, 0) is 6.54 Å². The van der Waals surface area contributed by atoms with Crippen molar-refractivity contribution < 1.29 is 4.79 Å². The van der Waals surface area contributed by atoms with Gasteiger partial charge in [-0.15, -0.1) is 11.3 Å². The number of aryl methyl sites for hydroxylation is 1. The molecule has 0 saturated carbocycles. The number of amides is 1. The number of nitrogens with one attached hydrogen (secondary N) is 2. The van der Waals surface area contributed by atoms with Crippen LogP contribution in [0.3, 0.4) is 0 Å². The molecule has 5 heteroatoms. The quantitative estimate of drug-likeness (QED) is 0.847. The largest absolute Gasteiger partial charge is 0.385 e. The maximum absolute atomic E-state index is 12.3. The fourth-order valence-electron chi connectivity index (χ4n) is 1.90. The van der Waals surface area contributed by atoms with E-state index >= 15 is 0 Å². The predicted octanol–water partition coefficient (Wildman–Crippen LogP) is 4.18. The molecule has 1 aromatic carbocycles. The van der Waals surface area contributed by atoms with Crippen LogP contribution in [0.25, 0.3) is 0 Å². The monoisotopic (exact) mass is 352 g/mol. The minimum atomic E-state index is -0.0505. The summed E-state index contributed by atoms with van der Waals surface area (Å²) in [5.41, 5.74) is 2.71. The molecular formula is C15H17BrN2OS. The molecule has 0 atom stereocenters. The number of thiophene rings is 1. The van der Waals surface area contributed by atoms with E-state index in [1.165, 1.54) is 0 Å². The van der Waals surface area contributed by atoms with Crippen LogP contribution in [0.2, 0.25) is 0 Å². The highest BCUT2D eigenvalue weighted by Crippen LogP contribution is 2.20. The summed E-state index contributed by atoms with van der Waals surface area (Å²) < 4.78 is 1.05. The van der Waals surface area contributed by atoms with Crippen LogP contribution in [0, 0.1) is 6.92 Å². The molecule has 1 heterocycles. The number of anilines is 1. The normalized spacial score (nSPS) is 10.3. The lowest BCUT2D eigenvalue weighted by Crippen LogP contribution is -2.23.